The van der Waals surface area contributed by atoms with Crippen LogP contribution in [-0.2, 0) is 23.1 Å². The van der Waals surface area contributed by atoms with Crippen molar-refractivity contribution in [3.05, 3.63) is 51.9 Å². The molecule has 0 unspecified atom stereocenters. The zero-order valence-corrected chi connectivity index (χ0v) is 13.2. The monoisotopic (exact) mass is 349 g/mol. The number of furan rings is 1. The molecule has 2 rings (SSSR count). The molecular weight excluding hydrogens is 337 g/mol. The molecule has 0 spiro atoms. The minimum Gasteiger partial charge on any atom is -0.469 e. The summed E-state index contributed by atoms with van der Waals surface area (Å²) in [4.78, 5) is -0.114. The lowest BCUT2D eigenvalue weighted by Crippen LogP contribution is -2.26. The van der Waals surface area contributed by atoms with Crippen molar-refractivity contribution < 1.29 is 17.9 Å². The van der Waals surface area contributed by atoms with Gasteiger partial charge in [-0.1, -0.05) is 23.2 Å². The zero-order valence-electron chi connectivity index (χ0n) is 10.8. The smallest absolute Gasteiger partial charge is 0.242 e. The zero-order chi connectivity index (χ0) is 15.5. The summed E-state index contributed by atoms with van der Waals surface area (Å²) in [5.41, 5.74) is 0.187. The SMILES string of the molecule is O=S(=O)(NCCc1ccco1)c1ccc(Cl)c(CO)c1Cl. The van der Waals surface area contributed by atoms with Crippen molar-refractivity contribution in [2.24, 2.45) is 0 Å². The summed E-state index contributed by atoms with van der Waals surface area (Å²) in [5.74, 6) is 0.677. The van der Waals surface area contributed by atoms with Gasteiger partial charge in [0.05, 0.1) is 17.9 Å². The number of hydrogen-bond acceptors (Lipinski definition) is 4. The van der Waals surface area contributed by atoms with Gasteiger partial charge in [-0.05, 0) is 24.3 Å². The van der Waals surface area contributed by atoms with E-state index in [1.165, 1.54) is 18.4 Å². The van der Waals surface area contributed by atoms with E-state index in [1.54, 1.807) is 12.1 Å². The van der Waals surface area contributed by atoms with E-state index in [2.05, 4.69) is 4.72 Å². The topological polar surface area (TPSA) is 79.5 Å². The Bertz CT molecular complexity index is 714. The molecule has 0 aliphatic rings. The van der Waals surface area contributed by atoms with Gasteiger partial charge in [0.25, 0.3) is 0 Å². The molecule has 0 aliphatic carbocycles. The number of halogens is 2. The van der Waals surface area contributed by atoms with Crippen molar-refractivity contribution in [2.75, 3.05) is 6.54 Å². The fraction of sp³-hybridized carbons (Fsp3) is 0.231. The summed E-state index contributed by atoms with van der Waals surface area (Å²) < 4.78 is 32.0. The highest BCUT2D eigenvalue weighted by Crippen LogP contribution is 2.30. The molecule has 0 aliphatic heterocycles. The van der Waals surface area contributed by atoms with Crippen LogP contribution in [0.2, 0.25) is 10.0 Å². The van der Waals surface area contributed by atoms with E-state index in [9.17, 15) is 13.5 Å². The van der Waals surface area contributed by atoms with Crippen LogP contribution in [0.4, 0.5) is 0 Å². The number of nitrogens with one attached hydrogen (secondary N) is 1. The van der Waals surface area contributed by atoms with Crippen LogP contribution in [0.1, 0.15) is 11.3 Å². The Morgan fingerprint density at radius 3 is 2.62 bits per heavy atom. The molecule has 0 amide bonds. The van der Waals surface area contributed by atoms with Gasteiger partial charge in [0.1, 0.15) is 10.7 Å². The third-order valence-electron chi connectivity index (χ3n) is 2.84. The summed E-state index contributed by atoms with van der Waals surface area (Å²) in [6.45, 7) is -0.267. The Kier molecular flexibility index (Phi) is 5.29. The summed E-state index contributed by atoms with van der Waals surface area (Å²) >= 11 is 11.8. The van der Waals surface area contributed by atoms with E-state index in [0.29, 0.717) is 12.2 Å². The number of rotatable bonds is 6. The Morgan fingerprint density at radius 2 is 2.00 bits per heavy atom. The predicted octanol–water partition coefficient (Wildman–Crippen LogP) is 2.60. The van der Waals surface area contributed by atoms with Crippen molar-refractivity contribution in [2.45, 2.75) is 17.9 Å². The maximum absolute atomic E-state index is 12.2. The molecule has 1 aromatic heterocycles. The van der Waals surface area contributed by atoms with Crippen LogP contribution in [0.15, 0.2) is 39.8 Å². The Morgan fingerprint density at radius 1 is 1.24 bits per heavy atom. The van der Waals surface area contributed by atoms with Gasteiger partial charge in [0, 0.05) is 23.6 Å². The second kappa shape index (κ2) is 6.81. The van der Waals surface area contributed by atoms with Gasteiger partial charge >= 0.3 is 0 Å². The third kappa shape index (κ3) is 3.78. The number of aliphatic hydroxyl groups excluding tert-OH is 1. The van der Waals surface area contributed by atoms with Gasteiger partial charge in [0.15, 0.2) is 0 Å². The fourth-order valence-electron chi connectivity index (χ4n) is 1.77. The molecule has 21 heavy (non-hydrogen) atoms. The molecule has 0 fully saturated rings. The molecule has 0 bridgehead atoms. The molecule has 0 saturated heterocycles. The molecule has 114 valence electrons. The summed E-state index contributed by atoms with van der Waals surface area (Å²) in [7, 11) is -3.79. The van der Waals surface area contributed by atoms with E-state index in [-0.39, 0.29) is 27.0 Å². The first-order chi connectivity index (χ1) is 9.95. The Hall–Kier alpha value is -1.05. The second-order valence-electron chi connectivity index (χ2n) is 4.22. The van der Waals surface area contributed by atoms with Crippen LogP contribution in [0.5, 0.6) is 0 Å². The average Bonchev–Trinajstić information content (AvgIpc) is 2.92. The Balaban J connectivity index is 2.16. The quantitative estimate of drug-likeness (QED) is 0.839. The number of benzene rings is 1. The molecule has 0 atom stereocenters. The van der Waals surface area contributed by atoms with Gasteiger partial charge in [-0.15, -0.1) is 0 Å². The minimum atomic E-state index is -3.79. The van der Waals surface area contributed by atoms with E-state index < -0.39 is 16.6 Å². The molecule has 2 N–H and O–H groups in total. The molecule has 8 heteroatoms. The third-order valence-corrected chi connectivity index (χ3v) is 5.24. The van der Waals surface area contributed by atoms with Crippen LogP contribution in [0, 0.1) is 0 Å². The number of aliphatic hydroxyl groups is 1. The van der Waals surface area contributed by atoms with Crippen LogP contribution >= 0.6 is 23.2 Å². The van der Waals surface area contributed by atoms with Crippen molar-refractivity contribution in [1.82, 2.24) is 4.72 Å². The predicted molar refractivity (Wildman–Crippen MR) is 80.0 cm³/mol. The van der Waals surface area contributed by atoms with Gasteiger partial charge in [0.2, 0.25) is 10.0 Å². The van der Waals surface area contributed by atoms with Crippen molar-refractivity contribution in [1.29, 1.82) is 0 Å². The first-order valence-corrected chi connectivity index (χ1v) is 8.29. The standard InChI is InChI=1S/C13H13Cl2NO4S/c14-11-3-4-12(13(15)10(11)8-17)21(18,19)16-6-5-9-2-1-7-20-9/h1-4,7,16-17H,5-6,8H2. The van der Waals surface area contributed by atoms with Crippen molar-refractivity contribution >= 4 is 33.2 Å². The summed E-state index contributed by atoms with van der Waals surface area (Å²) in [6, 6.07) is 6.18. The van der Waals surface area contributed by atoms with Crippen LogP contribution < -0.4 is 4.72 Å². The first kappa shape index (κ1) is 16.3. The lowest BCUT2D eigenvalue weighted by Gasteiger charge is -2.11. The van der Waals surface area contributed by atoms with Crippen molar-refractivity contribution in [3.8, 4) is 0 Å². The first-order valence-electron chi connectivity index (χ1n) is 6.05. The Labute approximate surface area is 132 Å². The number of hydrogen-bond donors (Lipinski definition) is 2. The van der Waals surface area contributed by atoms with Gasteiger partial charge in [-0.2, -0.15) is 0 Å². The highest BCUT2D eigenvalue weighted by molar-refractivity contribution is 7.89. The second-order valence-corrected chi connectivity index (χ2v) is 6.74. The van der Waals surface area contributed by atoms with E-state index in [4.69, 9.17) is 27.6 Å². The minimum absolute atomic E-state index is 0.0736. The lowest BCUT2D eigenvalue weighted by molar-refractivity contribution is 0.281. The summed E-state index contributed by atoms with van der Waals surface area (Å²) in [5, 5.41) is 9.34. The van der Waals surface area contributed by atoms with Gasteiger partial charge < -0.3 is 9.52 Å². The van der Waals surface area contributed by atoms with E-state index >= 15 is 0 Å². The van der Waals surface area contributed by atoms with Crippen LogP contribution in [-0.4, -0.2) is 20.1 Å². The number of sulfonamides is 1. The molecule has 0 saturated carbocycles. The van der Waals surface area contributed by atoms with E-state index in [1.807, 2.05) is 0 Å². The summed E-state index contributed by atoms with van der Waals surface area (Å²) in [6.07, 6.45) is 1.94. The van der Waals surface area contributed by atoms with Crippen LogP contribution in [0.3, 0.4) is 0 Å². The fourth-order valence-corrected chi connectivity index (χ4v) is 3.70. The highest BCUT2D eigenvalue weighted by Gasteiger charge is 2.21. The normalized spacial score (nSPS) is 11.8. The molecule has 5 nitrogen and oxygen atoms in total. The molecular formula is C13H13Cl2NO4S. The lowest BCUT2D eigenvalue weighted by atomic mass is 10.2. The average molecular weight is 350 g/mol. The molecule has 0 radical (unpaired) electrons. The highest BCUT2D eigenvalue weighted by atomic mass is 35.5. The maximum atomic E-state index is 12.2. The molecule has 1 heterocycles. The van der Waals surface area contributed by atoms with Crippen molar-refractivity contribution in [3.63, 3.8) is 0 Å². The van der Waals surface area contributed by atoms with Gasteiger partial charge in [-0.25, -0.2) is 13.1 Å². The molecule has 2 aromatic rings. The van der Waals surface area contributed by atoms with E-state index in [0.717, 1.165) is 0 Å². The van der Waals surface area contributed by atoms with Gasteiger partial charge in [-0.3, -0.25) is 0 Å². The largest absolute Gasteiger partial charge is 0.469 e. The maximum Gasteiger partial charge on any atom is 0.242 e. The molecule has 1 aromatic carbocycles. The van der Waals surface area contributed by atoms with Crippen LogP contribution in [0.25, 0.3) is 0 Å².